The second-order valence-corrected chi connectivity index (χ2v) is 2.31. The predicted octanol–water partition coefficient (Wildman–Crippen LogP) is 1.35. The number of H-pyrrole nitrogens is 1. The van der Waals surface area contributed by atoms with Gasteiger partial charge in [-0.2, -0.15) is 18.3 Å². The Labute approximate surface area is 78.9 Å². The summed E-state index contributed by atoms with van der Waals surface area (Å²) in [5.41, 5.74) is 4.44. The van der Waals surface area contributed by atoms with Crippen molar-refractivity contribution in [3.8, 4) is 0 Å². The van der Waals surface area contributed by atoms with Gasteiger partial charge in [-0.15, -0.1) is 12.4 Å². The molecule has 1 aromatic rings. The van der Waals surface area contributed by atoms with Gasteiger partial charge in [-0.25, -0.2) is 0 Å². The smallest absolute Gasteiger partial charge is 0.330 e. The summed E-state index contributed by atoms with van der Waals surface area (Å²) in [5.74, 6) is 0. The molecule has 0 aliphatic rings. The molecular formula is C6H9ClF3N3. The number of aromatic nitrogens is 2. The van der Waals surface area contributed by atoms with Crippen LogP contribution in [-0.2, 0) is 12.6 Å². The molecule has 0 aromatic carbocycles. The fourth-order valence-electron chi connectivity index (χ4n) is 0.902. The summed E-state index contributed by atoms with van der Waals surface area (Å²) in [5, 5.41) is 5.21. The Kier molecular flexibility index (Phi) is 4.22. The van der Waals surface area contributed by atoms with Crippen LogP contribution in [0, 0.1) is 0 Å². The molecule has 7 heteroatoms. The van der Waals surface area contributed by atoms with Gasteiger partial charge >= 0.3 is 6.18 Å². The average Bonchev–Trinajstić information content (AvgIpc) is 2.34. The molecule has 13 heavy (non-hydrogen) atoms. The van der Waals surface area contributed by atoms with Crippen molar-refractivity contribution >= 4 is 12.4 Å². The fraction of sp³-hybridized carbons (Fsp3) is 0.500. The molecule has 76 valence electrons. The summed E-state index contributed by atoms with van der Waals surface area (Å²) < 4.78 is 36.3. The molecule has 0 fully saturated rings. The first-order valence-corrected chi connectivity index (χ1v) is 3.35. The third-order valence-corrected chi connectivity index (χ3v) is 1.42. The third kappa shape index (κ3) is 2.89. The standard InChI is InChI=1S/C6H8F3N3.ClH/c7-6(8,9)5-4(1-2-10)3-11-12-5;/h3H,1-2,10H2,(H,11,12);1H. The maximum absolute atomic E-state index is 12.1. The first-order valence-electron chi connectivity index (χ1n) is 3.35. The Bertz CT molecular complexity index is 258. The van der Waals surface area contributed by atoms with Crippen molar-refractivity contribution in [3.63, 3.8) is 0 Å². The SMILES string of the molecule is Cl.NCCc1cn[nH]c1C(F)(F)F. The monoisotopic (exact) mass is 215 g/mol. The van der Waals surface area contributed by atoms with E-state index in [2.05, 4.69) is 5.10 Å². The van der Waals surface area contributed by atoms with Crippen molar-refractivity contribution in [3.05, 3.63) is 17.5 Å². The Morgan fingerprint density at radius 1 is 1.46 bits per heavy atom. The molecule has 1 rings (SSSR count). The molecule has 0 unspecified atom stereocenters. The molecule has 3 nitrogen and oxygen atoms in total. The van der Waals surface area contributed by atoms with E-state index < -0.39 is 11.9 Å². The minimum atomic E-state index is -4.36. The fourth-order valence-corrected chi connectivity index (χ4v) is 0.902. The summed E-state index contributed by atoms with van der Waals surface area (Å²) in [6.45, 7) is 0.183. The maximum Gasteiger partial charge on any atom is 0.433 e. The molecule has 0 aliphatic carbocycles. The van der Waals surface area contributed by atoms with Crippen LogP contribution in [0.25, 0.3) is 0 Å². The highest BCUT2D eigenvalue weighted by molar-refractivity contribution is 5.85. The van der Waals surface area contributed by atoms with Gasteiger partial charge in [0.25, 0.3) is 0 Å². The number of halogens is 4. The maximum atomic E-state index is 12.1. The van der Waals surface area contributed by atoms with Crippen LogP contribution in [0.15, 0.2) is 6.20 Å². The molecule has 0 saturated carbocycles. The first kappa shape index (κ1) is 12.2. The summed E-state index contributed by atoms with van der Waals surface area (Å²) in [4.78, 5) is 0. The largest absolute Gasteiger partial charge is 0.433 e. The van der Waals surface area contributed by atoms with Gasteiger partial charge in [-0.05, 0) is 13.0 Å². The highest BCUT2D eigenvalue weighted by Crippen LogP contribution is 2.29. The van der Waals surface area contributed by atoms with E-state index in [1.165, 1.54) is 0 Å². The van der Waals surface area contributed by atoms with Gasteiger partial charge < -0.3 is 5.73 Å². The zero-order chi connectivity index (χ0) is 9.19. The van der Waals surface area contributed by atoms with Gasteiger partial charge in [0.1, 0.15) is 5.69 Å². The van der Waals surface area contributed by atoms with Crippen molar-refractivity contribution in [1.29, 1.82) is 0 Å². The molecule has 1 aromatic heterocycles. The van der Waals surface area contributed by atoms with Crippen LogP contribution in [0.1, 0.15) is 11.3 Å². The molecule has 0 aliphatic heterocycles. The lowest BCUT2D eigenvalue weighted by Gasteiger charge is -2.05. The molecule has 0 amide bonds. The number of rotatable bonds is 2. The molecule has 0 bridgehead atoms. The molecule has 3 N–H and O–H groups in total. The highest BCUT2D eigenvalue weighted by atomic mass is 35.5. The summed E-state index contributed by atoms with van der Waals surface area (Å²) >= 11 is 0. The number of nitrogens with zero attached hydrogens (tertiary/aromatic N) is 1. The van der Waals surface area contributed by atoms with E-state index in [-0.39, 0.29) is 30.9 Å². The van der Waals surface area contributed by atoms with E-state index >= 15 is 0 Å². The number of nitrogens with two attached hydrogens (primary N) is 1. The van der Waals surface area contributed by atoms with E-state index in [4.69, 9.17) is 5.73 Å². The van der Waals surface area contributed by atoms with Crippen LogP contribution in [0.4, 0.5) is 13.2 Å². The summed E-state index contributed by atoms with van der Waals surface area (Å²) in [6.07, 6.45) is -3.03. The molecule has 0 saturated heterocycles. The van der Waals surface area contributed by atoms with Crippen LogP contribution < -0.4 is 5.73 Å². The number of hydrogen-bond donors (Lipinski definition) is 2. The van der Waals surface area contributed by atoms with Crippen LogP contribution >= 0.6 is 12.4 Å². The zero-order valence-corrected chi connectivity index (χ0v) is 7.37. The minimum Gasteiger partial charge on any atom is -0.330 e. The van der Waals surface area contributed by atoms with Gasteiger partial charge in [0.15, 0.2) is 0 Å². The van der Waals surface area contributed by atoms with Gasteiger partial charge in [-0.1, -0.05) is 0 Å². The van der Waals surface area contributed by atoms with Gasteiger partial charge in [-0.3, -0.25) is 5.10 Å². The zero-order valence-electron chi connectivity index (χ0n) is 6.56. The quantitative estimate of drug-likeness (QED) is 0.783. The second-order valence-electron chi connectivity index (χ2n) is 2.31. The van der Waals surface area contributed by atoms with E-state index in [1.807, 2.05) is 5.10 Å². The third-order valence-electron chi connectivity index (χ3n) is 1.42. The van der Waals surface area contributed by atoms with Crippen LogP contribution in [0.5, 0.6) is 0 Å². The summed E-state index contributed by atoms with van der Waals surface area (Å²) in [7, 11) is 0. The first-order chi connectivity index (χ1) is 5.55. The van der Waals surface area contributed by atoms with Crippen molar-refractivity contribution in [2.24, 2.45) is 5.73 Å². The lowest BCUT2D eigenvalue weighted by molar-refractivity contribution is -0.141. The Morgan fingerprint density at radius 3 is 2.54 bits per heavy atom. The lowest BCUT2D eigenvalue weighted by Crippen LogP contribution is -2.11. The Balaban J connectivity index is 0.00000144. The number of aromatic amines is 1. The molecule has 0 atom stereocenters. The number of hydrogen-bond acceptors (Lipinski definition) is 2. The van der Waals surface area contributed by atoms with Crippen molar-refractivity contribution < 1.29 is 13.2 Å². The second kappa shape index (κ2) is 4.48. The lowest BCUT2D eigenvalue weighted by atomic mass is 10.2. The van der Waals surface area contributed by atoms with Crippen LogP contribution in [0.2, 0.25) is 0 Å². The molecule has 1 heterocycles. The van der Waals surface area contributed by atoms with E-state index in [0.717, 1.165) is 6.20 Å². The number of alkyl halides is 3. The van der Waals surface area contributed by atoms with Crippen LogP contribution in [0.3, 0.4) is 0 Å². The van der Waals surface area contributed by atoms with E-state index in [9.17, 15) is 13.2 Å². The number of nitrogens with one attached hydrogen (secondary N) is 1. The highest BCUT2D eigenvalue weighted by Gasteiger charge is 2.34. The van der Waals surface area contributed by atoms with Crippen molar-refractivity contribution in [2.45, 2.75) is 12.6 Å². The topological polar surface area (TPSA) is 54.7 Å². The van der Waals surface area contributed by atoms with Gasteiger partial charge in [0.05, 0.1) is 6.20 Å². The Morgan fingerprint density at radius 2 is 2.08 bits per heavy atom. The Hall–Kier alpha value is -0.750. The minimum absolute atomic E-state index is 0. The van der Waals surface area contributed by atoms with Crippen molar-refractivity contribution in [2.75, 3.05) is 6.54 Å². The van der Waals surface area contributed by atoms with E-state index in [0.29, 0.717) is 0 Å². The molecule has 0 radical (unpaired) electrons. The van der Waals surface area contributed by atoms with Gasteiger partial charge in [0.2, 0.25) is 0 Å². The van der Waals surface area contributed by atoms with Gasteiger partial charge in [0, 0.05) is 5.56 Å². The molecular weight excluding hydrogens is 207 g/mol. The summed E-state index contributed by atoms with van der Waals surface area (Å²) in [6, 6.07) is 0. The van der Waals surface area contributed by atoms with Crippen molar-refractivity contribution in [1.82, 2.24) is 10.2 Å². The normalized spacial score (nSPS) is 11.1. The average molecular weight is 216 g/mol. The predicted molar refractivity (Wildman–Crippen MR) is 43.6 cm³/mol. The van der Waals surface area contributed by atoms with Crippen LogP contribution in [-0.4, -0.2) is 16.7 Å². The molecule has 0 spiro atoms. The van der Waals surface area contributed by atoms with E-state index in [1.54, 1.807) is 0 Å².